The van der Waals surface area contributed by atoms with Crippen molar-refractivity contribution >= 4 is 31.2 Å². The molecule has 0 saturated heterocycles. The maximum Gasteiger partial charge on any atom is 0.316 e. The van der Waals surface area contributed by atoms with Gasteiger partial charge in [0.15, 0.2) is 12.6 Å². The SMILES string of the molecule is C[Si](C)(C)CCOCOc1cc(OCc2ccsc2)ccc1C(=O)[C@H](CO)C(=O)O. The van der Waals surface area contributed by atoms with Gasteiger partial charge in [-0.05, 0) is 40.6 Å². The molecule has 0 amide bonds. The molecule has 1 atom stereocenters. The summed E-state index contributed by atoms with van der Waals surface area (Å²) in [4.78, 5) is 23.9. The average molecular weight is 453 g/mol. The number of benzene rings is 1. The minimum atomic E-state index is -1.56. The van der Waals surface area contributed by atoms with Crippen LogP contribution in [0.3, 0.4) is 0 Å². The number of hydrogen-bond donors (Lipinski definition) is 2. The largest absolute Gasteiger partial charge is 0.489 e. The number of aliphatic hydroxyl groups excluding tert-OH is 1. The lowest BCUT2D eigenvalue weighted by Crippen LogP contribution is -2.27. The average Bonchev–Trinajstić information content (AvgIpc) is 3.19. The summed E-state index contributed by atoms with van der Waals surface area (Å²) in [5.74, 6) is -3.04. The van der Waals surface area contributed by atoms with Crippen LogP contribution >= 0.6 is 11.3 Å². The lowest BCUT2D eigenvalue weighted by molar-refractivity contribution is -0.141. The topological polar surface area (TPSA) is 102 Å². The molecule has 0 spiro atoms. The van der Waals surface area contributed by atoms with E-state index in [9.17, 15) is 19.8 Å². The van der Waals surface area contributed by atoms with Crippen LogP contribution in [0.5, 0.6) is 11.5 Å². The number of carboxylic acid groups (broad SMARTS) is 1. The Kier molecular flexibility index (Phi) is 9.03. The molecule has 0 radical (unpaired) electrons. The van der Waals surface area contributed by atoms with E-state index in [2.05, 4.69) is 19.6 Å². The molecule has 1 aromatic carbocycles. The van der Waals surface area contributed by atoms with Gasteiger partial charge in [0.2, 0.25) is 0 Å². The summed E-state index contributed by atoms with van der Waals surface area (Å²) in [6, 6.07) is 7.49. The molecule has 164 valence electrons. The lowest BCUT2D eigenvalue weighted by atomic mass is 9.97. The van der Waals surface area contributed by atoms with E-state index in [-0.39, 0.29) is 18.1 Å². The molecular formula is C21H28O7SSi. The Morgan fingerprint density at radius 2 is 1.93 bits per heavy atom. The standard InChI is InChI=1S/C21H28O7SSi/c1-30(2,3)9-7-26-14-28-19-10-16(27-12-15-6-8-29-13-15)4-5-17(19)20(23)18(11-22)21(24)25/h4-6,8,10,13,18,22H,7,9,11-12,14H2,1-3H3,(H,24,25)/t18-/m0/s1. The monoisotopic (exact) mass is 452 g/mol. The number of ether oxygens (including phenoxy) is 3. The molecule has 0 bridgehead atoms. The highest BCUT2D eigenvalue weighted by molar-refractivity contribution is 7.07. The van der Waals surface area contributed by atoms with Crippen LogP contribution in [-0.4, -0.2) is 50.0 Å². The summed E-state index contributed by atoms with van der Waals surface area (Å²) in [5, 5.41) is 22.4. The van der Waals surface area contributed by atoms with Gasteiger partial charge in [-0.15, -0.1) is 0 Å². The first-order chi connectivity index (χ1) is 14.2. The van der Waals surface area contributed by atoms with Crippen molar-refractivity contribution in [1.29, 1.82) is 0 Å². The summed E-state index contributed by atoms with van der Waals surface area (Å²) >= 11 is 1.57. The molecule has 9 heteroatoms. The van der Waals surface area contributed by atoms with E-state index in [1.807, 2.05) is 16.8 Å². The fourth-order valence-electron chi connectivity index (χ4n) is 2.46. The van der Waals surface area contributed by atoms with Crippen molar-refractivity contribution in [2.75, 3.05) is 20.0 Å². The van der Waals surface area contributed by atoms with Gasteiger partial charge in [0.05, 0.1) is 12.2 Å². The number of hydrogen-bond acceptors (Lipinski definition) is 7. The van der Waals surface area contributed by atoms with Crippen LogP contribution < -0.4 is 9.47 Å². The Morgan fingerprint density at radius 1 is 1.17 bits per heavy atom. The van der Waals surface area contributed by atoms with Crippen LogP contribution in [0.1, 0.15) is 15.9 Å². The Morgan fingerprint density at radius 3 is 2.53 bits per heavy atom. The first kappa shape index (κ1) is 24.1. The van der Waals surface area contributed by atoms with Gasteiger partial charge in [-0.3, -0.25) is 9.59 Å². The van der Waals surface area contributed by atoms with Crippen LogP contribution in [0, 0.1) is 5.92 Å². The van der Waals surface area contributed by atoms with Crippen molar-refractivity contribution in [3.63, 3.8) is 0 Å². The van der Waals surface area contributed by atoms with E-state index in [1.54, 1.807) is 17.4 Å². The van der Waals surface area contributed by atoms with Gasteiger partial charge in [-0.1, -0.05) is 19.6 Å². The quantitative estimate of drug-likeness (QED) is 0.156. The number of ketones is 1. The highest BCUT2D eigenvalue weighted by Crippen LogP contribution is 2.28. The normalized spacial score (nSPS) is 12.4. The number of Topliss-reactive ketones (excluding diaryl/α,β-unsaturated/α-hetero) is 1. The van der Waals surface area contributed by atoms with E-state index < -0.39 is 32.4 Å². The number of carbonyl (C=O) groups is 2. The van der Waals surface area contributed by atoms with E-state index in [0.29, 0.717) is 19.0 Å². The fraction of sp³-hybridized carbons (Fsp3) is 0.429. The predicted molar refractivity (Wildman–Crippen MR) is 117 cm³/mol. The Balaban J connectivity index is 2.13. The second-order valence-corrected chi connectivity index (χ2v) is 14.4. The molecule has 7 nitrogen and oxygen atoms in total. The third-order valence-electron chi connectivity index (χ3n) is 4.30. The molecule has 0 fully saturated rings. The molecule has 2 aromatic rings. The minimum Gasteiger partial charge on any atom is -0.489 e. The molecule has 2 N–H and O–H groups in total. The van der Waals surface area contributed by atoms with Gasteiger partial charge >= 0.3 is 5.97 Å². The molecule has 1 aromatic heterocycles. The van der Waals surface area contributed by atoms with Gasteiger partial charge in [-0.25, -0.2) is 0 Å². The number of aliphatic hydroxyl groups is 1. The van der Waals surface area contributed by atoms with Crippen molar-refractivity contribution in [2.24, 2.45) is 5.92 Å². The molecule has 30 heavy (non-hydrogen) atoms. The van der Waals surface area contributed by atoms with E-state index in [1.165, 1.54) is 12.1 Å². The molecule has 1 heterocycles. The maximum atomic E-state index is 12.6. The first-order valence-electron chi connectivity index (χ1n) is 9.57. The minimum absolute atomic E-state index is 0.0631. The number of carbonyl (C=O) groups excluding carboxylic acids is 1. The maximum absolute atomic E-state index is 12.6. The van der Waals surface area contributed by atoms with Crippen molar-refractivity contribution in [3.05, 3.63) is 46.2 Å². The zero-order valence-corrected chi connectivity index (χ0v) is 19.2. The molecule has 0 aliphatic carbocycles. The summed E-state index contributed by atoms with van der Waals surface area (Å²) < 4.78 is 16.9. The Labute approximate surface area is 181 Å². The van der Waals surface area contributed by atoms with Crippen molar-refractivity contribution in [1.82, 2.24) is 0 Å². The Bertz CT molecular complexity index is 830. The number of thiophene rings is 1. The molecule has 0 unspecified atom stereocenters. The fourth-order valence-corrected chi connectivity index (χ4v) is 3.87. The number of aliphatic carboxylic acids is 1. The van der Waals surface area contributed by atoms with Gasteiger partial charge < -0.3 is 24.4 Å². The number of rotatable bonds is 13. The second kappa shape index (κ2) is 11.3. The summed E-state index contributed by atoms with van der Waals surface area (Å²) in [6.07, 6.45) is 0. The van der Waals surface area contributed by atoms with Gasteiger partial charge in [-0.2, -0.15) is 11.3 Å². The summed E-state index contributed by atoms with van der Waals surface area (Å²) in [7, 11) is -1.24. The molecule has 0 aliphatic heterocycles. The van der Waals surface area contributed by atoms with Crippen molar-refractivity contribution < 1.29 is 34.0 Å². The number of carboxylic acids is 1. The van der Waals surface area contributed by atoms with Crippen LogP contribution in [0.15, 0.2) is 35.0 Å². The molecule has 0 saturated carbocycles. The van der Waals surface area contributed by atoms with Crippen LogP contribution in [0.25, 0.3) is 0 Å². The van der Waals surface area contributed by atoms with Crippen LogP contribution in [0.4, 0.5) is 0 Å². The van der Waals surface area contributed by atoms with E-state index in [4.69, 9.17) is 14.2 Å². The van der Waals surface area contributed by atoms with Crippen molar-refractivity contribution in [3.8, 4) is 11.5 Å². The molecule has 0 aliphatic rings. The highest BCUT2D eigenvalue weighted by atomic mass is 32.1. The van der Waals surface area contributed by atoms with E-state index >= 15 is 0 Å². The van der Waals surface area contributed by atoms with Crippen molar-refractivity contribution in [2.45, 2.75) is 32.3 Å². The highest BCUT2D eigenvalue weighted by Gasteiger charge is 2.29. The van der Waals surface area contributed by atoms with Crippen LogP contribution in [-0.2, 0) is 16.1 Å². The predicted octanol–water partition coefficient (Wildman–Crippen LogP) is 3.89. The van der Waals surface area contributed by atoms with Crippen LogP contribution in [0.2, 0.25) is 25.7 Å². The van der Waals surface area contributed by atoms with Gasteiger partial charge in [0.1, 0.15) is 24.0 Å². The van der Waals surface area contributed by atoms with Gasteiger partial charge in [0.25, 0.3) is 0 Å². The summed E-state index contributed by atoms with van der Waals surface area (Å²) in [6.45, 7) is 6.75. The van der Waals surface area contributed by atoms with Gasteiger partial charge in [0, 0.05) is 20.7 Å². The smallest absolute Gasteiger partial charge is 0.316 e. The third kappa shape index (κ3) is 7.56. The molecule has 2 rings (SSSR count). The zero-order valence-electron chi connectivity index (χ0n) is 17.4. The van der Waals surface area contributed by atoms with E-state index in [0.717, 1.165) is 11.6 Å². The lowest BCUT2D eigenvalue weighted by Gasteiger charge is -2.17. The third-order valence-corrected chi connectivity index (χ3v) is 6.73. The Hall–Kier alpha value is -2.20. The zero-order chi connectivity index (χ0) is 22.1. The summed E-state index contributed by atoms with van der Waals surface area (Å²) in [5.41, 5.74) is 1.08. The molecular weight excluding hydrogens is 424 g/mol. The second-order valence-electron chi connectivity index (χ2n) is 8.00. The first-order valence-corrected chi connectivity index (χ1v) is 14.2.